The van der Waals surface area contributed by atoms with E-state index in [4.69, 9.17) is 0 Å². The van der Waals surface area contributed by atoms with Gasteiger partial charge in [0.1, 0.15) is 6.04 Å². The molecule has 1 N–H and O–H groups in total. The van der Waals surface area contributed by atoms with Crippen molar-refractivity contribution < 1.29 is 13.2 Å². The number of carbonyl (C=O) groups excluding carboxylic acids is 1. The Morgan fingerprint density at radius 1 is 0.946 bits per heavy atom. The van der Waals surface area contributed by atoms with Gasteiger partial charge in [0.15, 0.2) is 0 Å². The number of aryl methyl sites for hydroxylation is 1. The Balaban J connectivity index is 0.000000206. The molecule has 1 atom stereocenters. The molecular formula is C28H33N5O3S. The van der Waals surface area contributed by atoms with Crippen LogP contribution in [0.4, 0.5) is 0 Å². The number of hydrogen-bond acceptors (Lipinski definition) is 6. The molecule has 194 valence electrons. The van der Waals surface area contributed by atoms with Crippen LogP contribution in [0.2, 0.25) is 0 Å². The zero-order valence-corrected chi connectivity index (χ0v) is 22.2. The normalized spacial score (nSPS) is 14.8. The van der Waals surface area contributed by atoms with Crippen molar-refractivity contribution in [3.05, 3.63) is 101 Å². The predicted octanol–water partition coefficient (Wildman–Crippen LogP) is 3.44. The van der Waals surface area contributed by atoms with Crippen LogP contribution in [-0.4, -0.2) is 61.5 Å². The van der Waals surface area contributed by atoms with Gasteiger partial charge in [-0.1, -0.05) is 66.7 Å². The number of nitrogens with one attached hydrogen (secondary N) is 1. The number of benzene rings is 2. The van der Waals surface area contributed by atoms with Gasteiger partial charge in [-0.05, 0) is 24.1 Å². The van der Waals surface area contributed by atoms with Crippen LogP contribution >= 0.6 is 0 Å². The zero-order chi connectivity index (χ0) is 26.8. The van der Waals surface area contributed by atoms with Crippen LogP contribution in [0.3, 0.4) is 0 Å². The lowest BCUT2D eigenvalue weighted by molar-refractivity contribution is -0.130. The van der Waals surface area contributed by atoms with Crippen molar-refractivity contribution in [3.8, 4) is 6.07 Å². The lowest BCUT2D eigenvalue weighted by Crippen LogP contribution is -2.49. The third kappa shape index (κ3) is 8.22. The van der Waals surface area contributed by atoms with Gasteiger partial charge in [-0.2, -0.15) is 5.26 Å². The van der Waals surface area contributed by atoms with Crippen LogP contribution in [0.1, 0.15) is 41.4 Å². The Morgan fingerprint density at radius 3 is 1.92 bits per heavy atom. The number of nitriles is 1. The first-order valence-corrected chi connectivity index (χ1v) is 14.0. The fraction of sp³-hybridized carbons (Fsp3) is 0.321. The van der Waals surface area contributed by atoms with Crippen molar-refractivity contribution in [2.75, 3.05) is 32.4 Å². The van der Waals surface area contributed by atoms with E-state index in [1.807, 2.05) is 84.6 Å². The van der Waals surface area contributed by atoms with E-state index < -0.39 is 10.0 Å². The van der Waals surface area contributed by atoms with E-state index in [-0.39, 0.29) is 18.0 Å². The van der Waals surface area contributed by atoms with Gasteiger partial charge in [-0.15, -0.1) is 0 Å². The Labute approximate surface area is 219 Å². The monoisotopic (exact) mass is 519 g/mol. The summed E-state index contributed by atoms with van der Waals surface area (Å²) < 4.78 is 25.6. The lowest BCUT2D eigenvalue weighted by atomic mass is 10.00. The van der Waals surface area contributed by atoms with E-state index in [2.05, 4.69) is 20.7 Å². The molecule has 3 aromatic rings. The largest absolute Gasteiger partial charge is 0.340 e. The Hall–Kier alpha value is -3.58. The summed E-state index contributed by atoms with van der Waals surface area (Å²) in [5.74, 6) is 0.103. The second kappa shape index (κ2) is 13.1. The fourth-order valence-corrected chi connectivity index (χ4v) is 4.96. The summed E-state index contributed by atoms with van der Waals surface area (Å²) >= 11 is 0. The molecule has 1 aliphatic rings. The van der Waals surface area contributed by atoms with E-state index >= 15 is 0 Å². The standard InChI is InChI=1S/C14H18N4O.C14H15NO2S/c1-11-13(4-3-5-16-11)14(10-15)18-8-6-17(7-9-18)12(2)19;1-18(16,17)15-14(12-8-4-2-5-9-12)13-10-6-3-7-11-13/h3-5,14H,6-9H2,1-2H3;2-11,14-15H,1H3. The van der Waals surface area contributed by atoms with E-state index in [0.717, 1.165) is 35.5 Å². The second-order valence-electron chi connectivity index (χ2n) is 8.90. The molecule has 2 aromatic carbocycles. The van der Waals surface area contributed by atoms with Crippen molar-refractivity contribution in [1.82, 2.24) is 19.5 Å². The van der Waals surface area contributed by atoms with Crippen LogP contribution in [0.5, 0.6) is 0 Å². The summed E-state index contributed by atoms with van der Waals surface area (Å²) in [6.07, 6.45) is 2.91. The lowest BCUT2D eigenvalue weighted by Gasteiger charge is -2.36. The molecule has 1 aromatic heterocycles. The second-order valence-corrected chi connectivity index (χ2v) is 10.7. The molecule has 0 bridgehead atoms. The van der Waals surface area contributed by atoms with E-state index in [1.165, 1.54) is 6.26 Å². The molecule has 4 rings (SSSR count). The quantitative estimate of drug-likeness (QED) is 0.535. The summed E-state index contributed by atoms with van der Waals surface area (Å²) in [6.45, 7) is 6.34. The van der Waals surface area contributed by atoms with Crippen LogP contribution < -0.4 is 4.72 Å². The van der Waals surface area contributed by atoms with Crippen molar-refractivity contribution in [1.29, 1.82) is 5.26 Å². The summed E-state index contributed by atoms with van der Waals surface area (Å²) in [7, 11) is -3.27. The van der Waals surface area contributed by atoms with Crippen molar-refractivity contribution in [3.63, 3.8) is 0 Å². The maximum Gasteiger partial charge on any atom is 0.219 e. The molecule has 1 fully saturated rings. The summed E-state index contributed by atoms with van der Waals surface area (Å²) in [5, 5.41) is 9.43. The molecule has 0 aliphatic carbocycles. The summed E-state index contributed by atoms with van der Waals surface area (Å²) in [6, 6.07) is 24.6. The number of nitrogens with zero attached hydrogens (tertiary/aromatic N) is 4. The van der Waals surface area contributed by atoms with Crippen LogP contribution in [0.25, 0.3) is 0 Å². The molecule has 1 saturated heterocycles. The van der Waals surface area contributed by atoms with Gasteiger partial charge in [-0.25, -0.2) is 13.1 Å². The molecule has 8 nitrogen and oxygen atoms in total. The summed E-state index contributed by atoms with van der Waals surface area (Å²) in [4.78, 5) is 19.5. The zero-order valence-electron chi connectivity index (χ0n) is 21.4. The van der Waals surface area contributed by atoms with Crippen molar-refractivity contribution in [2.24, 2.45) is 0 Å². The van der Waals surface area contributed by atoms with Crippen LogP contribution in [-0.2, 0) is 14.8 Å². The van der Waals surface area contributed by atoms with Crippen LogP contribution in [0, 0.1) is 18.3 Å². The molecule has 1 aliphatic heterocycles. The molecule has 1 unspecified atom stereocenters. The van der Waals surface area contributed by atoms with Crippen molar-refractivity contribution in [2.45, 2.75) is 25.9 Å². The molecule has 37 heavy (non-hydrogen) atoms. The van der Waals surface area contributed by atoms with Crippen LogP contribution in [0.15, 0.2) is 79.0 Å². The highest BCUT2D eigenvalue weighted by Crippen LogP contribution is 2.24. The first-order valence-electron chi connectivity index (χ1n) is 12.1. The third-order valence-electron chi connectivity index (χ3n) is 6.19. The maximum absolute atomic E-state index is 11.5. The third-order valence-corrected chi connectivity index (χ3v) is 6.85. The molecule has 1 amide bonds. The Bertz CT molecular complexity index is 1260. The first kappa shape index (κ1) is 28.0. The smallest absolute Gasteiger partial charge is 0.219 e. The number of pyridine rings is 1. The van der Waals surface area contributed by atoms with Crippen molar-refractivity contribution >= 4 is 15.9 Å². The molecule has 2 heterocycles. The van der Waals surface area contributed by atoms with E-state index in [0.29, 0.717) is 13.1 Å². The number of hydrogen-bond donors (Lipinski definition) is 1. The Morgan fingerprint density at radius 2 is 1.49 bits per heavy atom. The highest BCUT2D eigenvalue weighted by molar-refractivity contribution is 7.88. The first-order chi connectivity index (χ1) is 17.7. The van der Waals surface area contributed by atoms with Gasteiger partial charge in [0.2, 0.25) is 15.9 Å². The average molecular weight is 520 g/mol. The summed E-state index contributed by atoms with van der Waals surface area (Å²) in [5.41, 5.74) is 3.70. The van der Waals surface area contributed by atoms with Gasteiger partial charge in [-0.3, -0.25) is 14.7 Å². The minimum absolute atomic E-state index is 0.103. The number of sulfonamides is 1. The van der Waals surface area contributed by atoms with E-state index in [9.17, 15) is 18.5 Å². The average Bonchev–Trinajstić information content (AvgIpc) is 2.90. The highest BCUT2D eigenvalue weighted by atomic mass is 32.2. The predicted molar refractivity (Wildman–Crippen MR) is 144 cm³/mol. The minimum atomic E-state index is -3.27. The maximum atomic E-state index is 11.5. The highest BCUT2D eigenvalue weighted by Gasteiger charge is 2.26. The SMILES string of the molecule is CC(=O)N1CCN(C(C#N)c2cccnc2C)CC1.CS(=O)(=O)NC(c1ccccc1)c1ccccc1. The van der Waals surface area contributed by atoms with E-state index in [1.54, 1.807) is 13.1 Å². The van der Waals surface area contributed by atoms with Gasteiger partial charge < -0.3 is 4.90 Å². The molecule has 0 spiro atoms. The number of aromatic nitrogens is 1. The topological polar surface area (TPSA) is 106 Å². The molecule has 9 heteroatoms. The molecule has 0 saturated carbocycles. The van der Waals surface area contributed by atoms with Gasteiger partial charge >= 0.3 is 0 Å². The molecule has 0 radical (unpaired) electrons. The minimum Gasteiger partial charge on any atom is -0.340 e. The van der Waals surface area contributed by atoms with Gasteiger partial charge in [0.05, 0.1) is 18.4 Å². The fourth-order valence-electron chi connectivity index (χ4n) is 4.26. The number of amides is 1. The molecular weight excluding hydrogens is 486 g/mol. The van der Waals surface area contributed by atoms with Gasteiger partial charge in [0.25, 0.3) is 0 Å². The number of carbonyl (C=O) groups is 1. The Kier molecular flexibility index (Phi) is 9.92. The number of piperazine rings is 1. The van der Waals surface area contributed by atoms with Gasteiger partial charge in [0, 0.05) is 50.6 Å². The number of rotatable bonds is 6.